The lowest BCUT2D eigenvalue weighted by molar-refractivity contribution is 0.0818. The highest BCUT2D eigenvalue weighted by atomic mass is 16.5. The van der Waals surface area contributed by atoms with E-state index in [-0.39, 0.29) is 0 Å². The topological polar surface area (TPSA) is 35.2 Å². The lowest BCUT2D eigenvalue weighted by Gasteiger charge is -2.21. The van der Waals surface area contributed by atoms with Gasteiger partial charge in [0.1, 0.15) is 0 Å². The van der Waals surface area contributed by atoms with Gasteiger partial charge in [-0.1, -0.05) is 26.2 Å². The molecule has 1 unspecified atom stereocenters. The maximum absolute atomic E-state index is 5.84. The van der Waals surface area contributed by atoms with Gasteiger partial charge in [0.25, 0.3) is 0 Å². The normalized spacial score (nSPS) is 20.4. The molecule has 0 spiro atoms. The molecule has 1 aliphatic rings. The molecular formula is C13H27NO. The van der Waals surface area contributed by atoms with Crippen LogP contribution in [0.5, 0.6) is 0 Å². The second-order valence-electron chi connectivity index (χ2n) is 4.89. The molecule has 2 nitrogen and oxygen atoms in total. The van der Waals surface area contributed by atoms with Crippen molar-refractivity contribution in [1.82, 2.24) is 0 Å². The van der Waals surface area contributed by atoms with E-state index in [1.807, 2.05) is 0 Å². The Morgan fingerprint density at radius 2 is 2.00 bits per heavy atom. The van der Waals surface area contributed by atoms with Crippen LogP contribution in [0.3, 0.4) is 0 Å². The molecule has 0 bridgehead atoms. The van der Waals surface area contributed by atoms with E-state index in [4.69, 9.17) is 10.5 Å². The minimum atomic E-state index is 0.378. The molecular weight excluding hydrogens is 186 g/mol. The van der Waals surface area contributed by atoms with Crippen LogP contribution in [0.4, 0.5) is 0 Å². The Hall–Kier alpha value is -0.0800. The zero-order chi connectivity index (χ0) is 10.9. The predicted octanol–water partition coefficient (Wildman–Crippen LogP) is 3.10. The Morgan fingerprint density at radius 1 is 1.27 bits per heavy atom. The van der Waals surface area contributed by atoms with Gasteiger partial charge in [-0.25, -0.2) is 0 Å². The smallest absolute Gasteiger partial charge is 0.0494 e. The molecule has 2 heteroatoms. The molecule has 0 aromatic carbocycles. The summed E-state index contributed by atoms with van der Waals surface area (Å²) >= 11 is 0. The number of rotatable bonds is 7. The van der Waals surface area contributed by atoms with E-state index in [1.54, 1.807) is 0 Å². The van der Waals surface area contributed by atoms with Crippen molar-refractivity contribution < 1.29 is 4.74 Å². The molecule has 90 valence electrons. The van der Waals surface area contributed by atoms with Gasteiger partial charge in [-0.15, -0.1) is 0 Å². The van der Waals surface area contributed by atoms with Crippen LogP contribution < -0.4 is 5.73 Å². The summed E-state index contributed by atoms with van der Waals surface area (Å²) in [7, 11) is 0. The molecule has 1 fully saturated rings. The first-order chi connectivity index (χ1) is 7.33. The molecule has 2 N–H and O–H groups in total. The highest BCUT2D eigenvalue weighted by molar-refractivity contribution is 4.65. The molecule has 1 rings (SSSR count). The van der Waals surface area contributed by atoms with Crippen LogP contribution in [0, 0.1) is 5.92 Å². The number of ether oxygens (including phenoxy) is 1. The largest absolute Gasteiger partial charge is 0.381 e. The Kier molecular flexibility index (Phi) is 7.03. The van der Waals surface area contributed by atoms with Crippen molar-refractivity contribution in [2.24, 2.45) is 11.7 Å². The van der Waals surface area contributed by atoms with Gasteiger partial charge in [0.15, 0.2) is 0 Å². The summed E-state index contributed by atoms with van der Waals surface area (Å²) < 4.78 is 5.71. The maximum atomic E-state index is 5.84. The minimum Gasteiger partial charge on any atom is -0.381 e. The first kappa shape index (κ1) is 13.0. The SMILES string of the molecule is CCC(N)CCCOCC1CCCCC1. The Labute approximate surface area is 94.6 Å². The molecule has 1 aliphatic carbocycles. The maximum Gasteiger partial charge on any atom is 0.0494 e. The summed E-state index contributed by atoms with van der Waals surface area (Å²) in [5.41, 5.74) is 5.84. The third-order valence-electron chi connectivity index (χ3n) is 3.47. The van der Waals surface area contributed by atoms with Crippen LogP contribution in [-0.4, -0.2) is 19.3 Å². The monoisotopic (exact) mass is 213 g/mol. The van der Waals surface area contributed by atoms with E-state index in [0.717, 1.165) is 38.4 Å². The average molecular weight is 213 g/mol. The van der Waals surface area contributed by atoms with Crippen LogP contribution in [0.25, 0.3) is 0 Å². The van der Waals surface area contributed by atoms with Gasteiger partial charge in [-0.05, 0) is 38.0 Å². The first-order valence-corrected chi connectivity index (χ1v) is 6.66. The van der Waals surface area contributed by atoms with Gasteiger partial charge < -0.3 is 10.5 Å². The van der Waals surface area contributed by atoms with Crippen molar-refractivity contribution in [1.29, 1.82) is 0 Å². The third kappa shape index (κ3) is 6.16. The fourth-order valence-electron chi connectivity index (χ4n) is 2.26. The minimum absolute atomic E-state index is 0.378. The highest BCUT2D eigenvalue weighted by Crippen LogP contribution is 2.23. The Bertz CT molecular complexity index is 143. The van der Waals surface area contributed by atoms with E-state index in [2.05, 4.69) is 6.92 Å². The van der Waals surface area contributed by atoms with E-state index < -0.39 is 0 Å². The van der Waals surface area contributed by atoms with Crippen molar-refractivity contribution in [2.45, 2.75) is 64.3 Å². The number of hydrogen-bond donors (Lipinski definition) is 1. The van der Waals surface area contributed by atoms with Gasteiger partial charge >= 0.3 is 0 Å². The Morgan fingerprint density at radius 3 is 2.67 bits per heavy atom. The van der Waals surface area contributed by atoms with E-state index in [9.17, 15) is 0 Å². The summed E-state index contributed by atoms with van der Waals surface area (Å²) in [5.74, 6) is 0.846. The highest BCUT2D eigenvalue weighted by Gasteiger charge is 2.12. The lowest BCUT2D eigenvalue weighted by atomic mass is 9.90. The number of nitrogens with two attached hydrogens (primary N) is 1. The Balaban J connectivity index is 1.87. The van der Waals surface area contributed by atoms with Crippen LogP contribution in [-0.2, 0) is 4.74 Å². The molecule has 0 radical (unpaired) electrons. The van der Waals surface area contributed by atoms with Crippen LogP contribution >= 0.6 is 0 Å². The standard InChI is InChI=1S/C13H27NO/c1-2-13(14)9-6-10-15-11-12-7-4-3-5-8-12/h12-13H,2-11,14H2,1H3. The molecule has 0 aromatic heterocycles. The summed E-state index contributed by atoms with van der Waals surface area (Å²) in [5, 5.41) is 0. The van der Waals surface area contributed by atoms with Crippen molar-refractivity contribution in [3.8, 4) is 0 Å². The summed E-state index contributed by atoms with van der Waals surface area (Å²) in [4.78, 5) is 0. The van der Waals surface area contributed by atoms with Crippen molar-refractivity contribution in [3.63, 3.8) is 0 Å². The van der Waals surface area contributed by atoms with Gasteiger partial charge in [0, 0.05) is 19.3 Å². The lowest BCUT2D eigenvalue weighted by Crippen LogP contribution is -2.19. The average Bonchev–Trinajstić information content (AvgIpc) is 2.29. The van der Waals surface area contributed by atoms with Crippen LogP contribution in [0.2, 0.25) is 0 Å². The van der Waals surface area contributed by atoms with E-state index in [1.165, 1.54) is 32.1 Å². The fraction of sp³-hybridized carbons (Fsp3) is 1.00. The van der Waals surface area contributed by atoms with Gasteiger partial charge in [-0.3, -0.25) is 0 Å². The van der Waals surface area contributed by atoms with Gasteiger partial charge in [-0.2, -0.15) is 0 Å². The zero-order valence-corrected chi connectivity index (χ0v) is 10.2. The first-order valence-electron chi connectivity index (χ1n) is 6.66. The van der Waals surface area contributed by atoms with Gasteiger partial charge in [0.05, 0.1) is 0 Å². The molecule has 1 atom stereocenters. The molecule has 0 amide bonds. The summed E-state index contributed by atoms with van der Waals surface area (Å²) in [6.45, 7) is 4.04. The number of hydrogen-bond acceptors (Lipinski definition) is 2. The molecule has 15 heavy (non-hydrogen) atoms. The van der Waals surface area contributed by atoms with Crippen molar-refractivity contribution in [2.75, 3.05) is 13.2 Å². The van der Waals surface area contributed by atoms with Crippen molar-refractivity contribution >= 4 is 0 Å². The van der Waals surface area contributed by atoms with E-state index in [0.29, 0.717) is 6.04 Å². The molecule has 0 heterocycles. The van der Waals surface area contributed by atoms with Gasteiger partial charge in [0.2, 0.25) is 0 Å². The molecule has 0 saturated heterocycles. The molecule has 0 aliphatic heterocycles. The summed E-state index contributed by atoms with van der Waals surface area (Å²) in [6.07, 6.45) is 10.3. The zero-order valence-electron chi connectivity index (χ0n) is 10.2. The second-order valence-corrected chi connectivity index (χ2v) is 4.89. The van der Waals surface area contributed by atoms with E-state index >= 15 is 0 Å². The third-order valence-corrected chi connectivity index (χ3v) is 3.47. The molecule has 1 saturated carbocycles. The fourth-order valence-corrected chi connectivity index (χ4v) is 2.26. The van der Waals surface area contributed by atoms with Crippen LogP contribution in [0.15, 0.2) is 0 Å². The quantitative estimate of drug-likeness (QED) is 0.660. The summed E-state index contributed by atoms with van der Waals surface area (Å²) in [6, 6.07) is 0.378. The van der Waals surface area contributed by atoms with Crippen molar-refractivity contribution in [3.05, 3.63) is 0 Å². The predicted molar refractivity (Wildman–Crippen MR) is 64.9 cm³/mol. The second kappa shape index (κ2) is 8.12. The molecule has 0 aromatic rings. The van der Waals surface area contributed by atoms with Crippen LogP contribution in [0.1, 0.15) is 58.3 Å².